The molecule has 2 aromatic carbocycles. The maximum atomic E-state index is 13.4. The van der Waals surface area contributed by atoms with E-state index < -0.39 is 6.67 Å². The van der Waals surface area contributed by atoms with Crippen LogP contribution < -0.4 is 9.47 Å². The molecule has 1 atom stereocenters. The lowest BCUT2D eigenvalue weighted by molar-refractivity contribution is 0.152. The Morgan fingerprint density at radius 1 is 0.743 bits per heavy atom. The summed E-state index contributed by atoms with van der Waals surface area (Å²) in [7, 11) is 0. The van der Waals surface area contributed by atoms with Crippen LogP contribution in [-0.2, 0) is 0 Å². The average molecular weight is 479 g/mol. The van der Waals surface area contributed by atoms with Gasteiger partial charge in [-0.2, -0.15) is 0 Å². The molecule has 5 heteroatoms. The molecule has 1 heterocycles. The molecule has 0 saturated carbocycles. The second-order valence-electron chi connectivity index (χ2n) is 8.97. The summed E-state index contributed by atoms with van der Waals surface area (Å²) in [4.78, 5) is 9.20. The van der Waals surface area contributed by atoms with Gasteiger partial charge in [0.05, 0.1) is 12.3 Å². The van der Waals surface area contributed by atoms with E-state index in [0.29, 0.717) is 11.6 Å². The Kier molecular flexibility index (Phi) is 11.5. The van der Waals surface area contributed by atoms with Crippen LogP contribution in [0.25, 0.3) is 22.6 Å². The number of ether oxygens (including phenoxy) is 2. The van der Waals surface area contributed by atoms with Crippen molar-refractivity contribution in [1.29, 1.82) is 0 Å². The highest BCUT2D eigenvalue weighted by molar-refractivity contribution is 5.64. The van der Waals surface area contributed by atoms with Crippen LogP contribution in [0.15, 0.2) is 60.8 Å². The molecule has 1 aromatic heterocycles. The number of aromatic nitrogens is 2. The van der Waals surface area contributed by atoms with Crippen molar-refractivity contribution in [2.45, 2.75) is 77.7 Å². The molecule has 0 fully saturated rings. The van der Waals surface area contributed by atoms with E-state index in [4.69, 9.17) is 14.5 Å². The minimum atomic E-state index is -0.466. The summed E-state index contributed by atoms with van der Waals surface area (Å²) in [6.45, 7) is 4.66. The highest BCUT2D eigenvalue weighted by Crippen LogP contribution is 2.25. The molecule has 1 unspecified atom stereocenters. The van der Waals surface area contributed by atoms with Crippen LogP contribution in [0.1, 0.15) is 71.6 Å². The topological polar surface area (TPSA) is 44.2 Å². The molecule has 0 radical (unpaired) electrons. The fraction of sp³-hybridized carbons (Fsp3) is 0.467. The molecule has 3 rings (SSSR count). The first-order valence-corrected chi connectivity index (χ1v) is 13.1. The zero-order valence-electron chi connectivity index (χ0n) is 21.2. The van der Waals surface area contributed by atoms with E-state index in [1.54, 1.807) is 6.20 Å². The molecule has 0 aliphatic rings. The summed E-state index contributed by atoms with van der Waals surface area (Å²) in [5, 5.41) is 0. The normalized spacial score (nSPS) is 11.9. The number of nitrogens with zero attached hydrogens (tertiary/aromatic N) is 2. The third-order valence-corrected chi connectivity index (χ3v) is 6.04. The minimum absolute atomic E-state index is 0.383. The van der Waals surface area contributed by atoms with Crippen LogP contribution in [0, 0.1) is 0 Å². The van der Waals surface area contributed by atoms with E-state index in [1.807, 2.05) is 54.6 Å². The Morgan fingerprint density at radius 3 is 2.09 bits per heavy atom. The van der Waals surface area contributed by atoms with E-state index in [2.05, 4.69) is 18.8 Å². The maximum absolute atomic E-state index is 13.4. The van der Waals surface area contributed by atoms with Crippen molar-refractivity contribution < 1.29 is 13.9 Å². The van der Waals surface area contributed by atoms with Crippen molar-refractivity contribution in [1.82, 2.24) is 9.97 Å². The van der Waals surface area contributed by atoms with Crippen molar-refractivity contribution in [3.05, 3.63) is 60.8 Å². The SMILES string of the molecule is CCCCCCOc1ccc(-c2nccc(-c3ccc(OC(CF)CCCCCC)cc3)n2)cc1. The van der Waals surface area contributed by atoms with Crippen molar-refractivity contribution in [2.75, 3.05) is 13.3 Å². The van der Waals surface area contributed by atoms with E-state index in [-0.39, 0.29) is 6.10 Å². The molecule has 0 bridgehead atoms. The Hall–Kier alpha value is -2.95. The number of hydrogen-bond donors (Lipinski definition) is 0. The number of benzene rings is 2. The van der Waals surface area contributed by atoms with Crippen LogP contribution >= 0.6 is 0 Å². The molecule has 188 valence electrons. The fourth-order valence-electron chi connectivity index (χ4n) is 3.94. The van der Waals surface area contributed by atoms with Gasteiger partial charge < -0.3 is 9.47 Å². The Bertz CT molecular complexity index is 976. The van der Waals surface area contributed by atoms with Gasteiger partial charge in [0.2, 0.25) is 0 Å². The van der Waals surface area contributed by atoms with Crippen LogP contribution in [0.3, 0.4) is 0 Å². The third-order valence-electron chi connectivity index (χ3n) is 6.04. The largest absolute Gasteiger partial charge is 0.494 e. The van der Waals surface area contributed by atoms with E-state index in [9.17, 15) is 4.39 Å². The van der Waals surface area contributed by atoms with Crippen LogP contribution in [0.2, 0.25) is 0 Å². The Balaban J connectivity index is 1.58. The van der Waals surface area contributed by atoms with E-state index in [0.717, 1.165) is 54.9 Å². The second kappa shape index (κ2) is 15.1. The summed E-state index contributed by atoms with van der Waals surface area (Å²) < 4.78 is 25.1. The number of hydrogen-bond acceptors (Lipinski definition) is 4. The number of unbranched alkanes of at least 4 members (excludes halogenated alkanes) is 6. The van der Waals surface area contributed by atoms with E-state index in [1.165, 1.54) is 32.1 Å². The van der Waals surface area contributed by atoms with Gasteiger partial charge in [0.1, 0.15) is 24.3 Å². The van der Waals surface area contributed by atoms with Gasteiger partial charge in [-0.15, -0.1) is 0 Å². The summed E-state index contributed by atoms with van der Waals surface area (Å²) >= 11 is 0. The van der Waals surface area contributed by atoms with Crippen molar-refractivity contribution in [3.63, 3.8) is 0 Å². The smallest absolute Gasteiger partial charge is 0.159 e. The minimum Gasteiger partial charge on any atom is -0.494 e. The summed E-state index contributed by atoms with van der Waals surface area (Å²) in [6, 6.07) is 17.5. The zero-order valence-corrected chi connectivity index (χ0v) is 21.2. The molecule has 0 spiro atoms. The number of halogens is 1. The lowest BCUT2D eigenvalue weighted by atomic mass is 10.1. The van der Waals surface area contributed by atoms with Gasteiger partial charge >= 0.3 is 0 Å². The van der Waals surface area contributed by atoms with Gasteiger partial charge in [-0.25, -0.2) is 14.4 Å². The van der Waals surface area contributed by atoms with Gasteiger partial charge in [0.15, 0.2) is 5.82 Å². The lowest BCUT2D eigenvalue weighted by Gasteiger charge is -2.16. The predicted molar refractivity (Wildman–Crippen MR) is 142 cm³/mol. The fourth-order valence-corrected chi connectivity index (χ4v) is 3.94. The molecule has 4 nitrogen and oxygen atoms in total. The summed E-state index contributed by atoms with van der Waals surface area (Å²) in [6.07, 6.45) is 11.4. The Morgan fingerprint density at radius 2 is 1.40 bits per heavy atom. The van der Waals surface area contributed by atoms with Crippen molar-refractivity contribution >= 4 is 0 Å². The molecule has 3 aromatic rings. The van der Waals surface area contributed by atoms with Crippen LogP contribution in [0.4, 0.5) is 4.39 Å². The van der Waals surface area contributed by atoms with Crippen molar-refractivity contribution in [2.24, 2.45) is 0 Å². The monoisotopic (exact) mass is 478 g/mol. The van der Waals surface area contributed by atoms with Gasteiger partial charge in [-0.05, 0) is 73.9 Å². The van der Waals surface area contributed by atoms with Gasteiger partial charge in [0.25, 0.3) is 0 Å². The van der Waals surface area contributed by atoms with Crippen LogP contribution in [0.5, 0.6) is 11.5 Å². The van der Waals surface area contributed by atoms with Crippen LogP contribution in [-0.4, -0.2) is 29.4 Å². The molecule has 0 aliphatic carbocycles. The quantitative estimate of drug-likeness (QED) is 0.194. The summed E-state index contributed by atoms with van der Waals surface area (Å²) in [5.74, 6) is 2.22. The standard InChI is InChI=1S/C30H39FN2O2/c1-3-5-7-9-11-28(23-31)35-27-18-12-24(13-19-27)29-20-21-32-30(33-29)25-14-16-26(17-15-25)34-22-10-8-6-4-2/h12-21,28H,3-11,22-23H2,1-2H3. The first-order chi connectivity index (χ1) is 17.2. The van der Waals surface area contributed by atoms with Crippen molar-refractivity contribution in [3.8, 4) is 34.1 Å². The lowest BCUT2D eigenvalue weighted by Crippen LogP contribution is -2.18. The molecule has 0 aliphatic heterocycles. The van der Waals surface area contributed by atoms with Gasteiger partial charge in [-0.1, -0.05) is 52.4 Å². The first kappa shape index (κ1) is 26.7. The molecular formula is C30H39FN2O2. The van der Waals surface area contributed by atoms with Gasteiger partial charge in [0, 0.05) is 17.3 Å². The number of rotatable bonds is 16. The second-order valence-corrected chi connectivity index (χ2v) is 8.97. The molecular weight excluding hydrogens is 439 g/mol. The first-order valence-electron chi connectivity index (χ1n) is 13.1. The molecule has 35 heavy (non-hydrogen) atoms. The van der Waals surface area contributed by atoms with E-state index >= 15 is 0 Å². The highest BCUT2D eigenvalue weighted by atomic mass is 19.1. The molecule has 0 saturated heterocycles. The highest BCUT2D eigenvalue weighted by Gasteiger charge is 2.11. The number of alkyl halides is 1. The maximum Gasteiger partial charge on any atom is 0.159 e. The average Bonchev–Trinajstić information content (AvgIpc) is 2.91. The predicted octanol–water partition coefficient (Wildman–Crippen LogP) is 8.46. The third kappa shape index (κ3) is 8.97. The molecule has 0 N–H and O–H groups in total. The van der Waals surface area contributed by atoms with Gasteiger partial charge in [-0.3, -0.25) is 0 Å². The summed E-state index contributed by atoms with van der Waals surface area (Å²) in [5.41, 5.74) is 2.74. The Labute approximate surface area is 209 Å². The molecule has 0 amide bonds. The zero-order chi connectivity index (χ0) is 24.7.